The van der Waals surface area contributed by atoms with Gasteiger partial charge in [-0.2, -0.15) is 0 Å². The number of carboxylic acid groups (broad SMARTS) is 1. The molecule has 1 aliphatic rings. The minimum absolute atomic E-state index is 0.00421. The molecule has 138 valence electrons. The van der Waals surface area contributed by atoms with E-state index in [4.69, 9.17) is 11.6 Å². The fourth-order valence-electron chi connectivity index (χ4n) is 4.11. The number of nitrogens with zero attached hydrogens (tertiary/aromatic N) is 1. The predicted molar refractivity (Wildman–Crippen MR) is 109 cm³/mol. The summed E-state index contributed by atoms with van der Waals surface area (Å²) in [4.78, 5) is 13.9. The fraction of sp³-hybridized carbons (Fsp3) is 0.261. The van der Waals surface area contributed by atoms with Crippen molar-refractivity contribution in [3.63, 3.8) is 0 Å². The molecule has 1 fully saturated rings. The first-order valence-electron chi connectivity index (χ1n) is 9.33. The summed E-state index contributed by atoms with van der Waals surface area (Å²) in [6.07, 6.45) is 1.63. The molecule has 1 heterocycles. The van der Waals surface area contributed by atoms with Crippen molar-refractivity contribution in [2.24, 2.45) is 5.92 Å². The van der Waals surface area contributed by atoms with Crippen LogP contribution in [0.15, 0.2) is 66.7 Å². The van der Waals surface area contributed by atoms with E-state index in [0.717, 1.165) is 24.9 Å². The molecule has 0 saturated carbocycles. The van der Waals surface area contributed by atoms with Gasteiger partial charge in [0.15, 0.2) is 0 Å². The van der Waals surface area contributed by atoms with Gasteiger partial charge in [0, 0.05) is 11.6 Å². The summed E-state index contributed by atoms with van der Waals surface area (Å²) < 4.78 is 0. The second-order valence-corrected chi connectivity index (χ2v) is 7.67. The third-order valence-corrected chi connectivity index (χ3v) is 5.66. The number of fused-ring (bicyclic) bond motifs is 1. The lowest BCUT2D eigenvalue weighted by atomic mass is 9.90. The molecule has 3 nitrogen and oxygen atoms in total. The second kappa shape index (κ2) is 7.71. The normalized spacial score (nSPS) is 19.1. The third kappa shape index (κ3) is 3.85. The van der Waals surface area contributed by atoms with Gasteiger partial charge in [0.25, 0.3) is 0 Å². The topological polar surface area (TPSA) is 40.5 Å². The average Bonchev–Trinajstić information content (AvgIpc) is 2.68. The number of piperidine rings is 1. The Morgan fingerprint density at radius 3 is 2.56 bits per heavy atom. The van der Waals surface area contributed by atoms with Crippen molar-refractivity contribution < 1.29 is 9.90 Å². The Bertz CT molecular complexity index is 971. The van der Waals surface area contributed by atoms with Crippen molar-refractivity contribution in [3.05, 3.63) is 82.9 Å². The zero-order valence-corrected chi connectivity index (χ0v) is 15.8. The van der Waals surface area contributed by atoms with Crippen molar-refractivity contribution >= 4 is 28.3 Å². The third-order valence-electron chi connectivity index (χ3n) is 5.42. The average molecular weight is 380 g/mol. The highest BCUT2D eigenvalue weighted by atomic mass is 35.5. The molecule has 27 heavy (non-hydrogen) atoms. The number of likely N-dealkylation sites (tertiary alicyclic amines) is 1. The minimum atomic E-state index is -0.706. The van der Waals surface area contributed by atoms with Gasteiger partial charge in [-0.1, -0.05) is 60.1 Å². The molecule has 3 aromatic carbocycles. The number of benzene rings is 3. The van der Waals surface area contributed by atoms with Crippen molar-refractivity contribution in [2.45, 2.75) is 18.9 Å². The number of halogens is 1. The summed E-state index contributed by atoms with van der Waals surface area (Å²) in [6.45, 7) is 1.44. The molecule has 0 spiro atoms. The van der Waals surface area contributed by atoms with Crippen LogP contribution in [-0.2, 0) is 4.79 Å². The molecule has 2 unspecified atom stereocenters. The first kappa shape index (κ1) is 18.0. The lowest BCUT2D eigenvalue weighted by Gasteiger charge is -2.37. The highest BCUT2D eigenvalue weighted by Gasteiger charge is 2.31. The molecule has 2 atom stereocenters. The summed E-state index contributed by atoms with van der Waals surface area (Å²) in [5.74, 6) is -1.02. The van der Waals surface area contributed by atoms with Gasteiger partial charge in [0.05, 0.1) is 12.0 Å². The van der Waals surface area contributed by atoms with Gasteiger partial charge in [-0.05, 0) is 59.5 Å². The summed E-state index contributed by atoms with van der Waals surface area (Å²) >= 11 is 6.28. The van der Waals surface area contributed by atoms with Crippen LogP contribution in [0, 0.1) is 5.92 Å². The molecular weight excluding hydrogens is 358 g/mol. The van der Waals surface area contributed by atoms with Crippen LogP contribution in [0.1, 0.15) is 30.0 Å². The lowest BCUT2D eigenvalue weighted by molar-refractivity contribution is -0.143. The van der Waals surface area contributed by atoms with Gasteiger partial charge in [0.1, 0.15) is 0 Å². The number of hydrogen-bond donors (Lipinski definition) is 1. The maximum atomic E-state index is 11.6. The van der Waals surface area contributed by atoms with Crippen LogP contribution in [0.4, 0.5) is 0 Å². The summed E-state index contributed by atoms with van der Waals surface area (Å²) in [6, 6.07) is 22.7. The van der Waals surface area contributed by atoms with Crippen molar-refractivity contribution in [3.8, 4) is 0 Å². The van der Waals surface area contributed by atoms with Gasteiger partial charge in [-0.3, -0.25) is 9.69 Å². The zero-order valence-electron chi connectivity index (χ0n) is 15.0. The molecule has 1 N–H and O–H groups in total. The smallest absolute Gasteiger partial charge is 0.307 e. The molecule has 4 rings (SSSR count). The summed E-state index contributed by atoms with van der Waals surface area (Å²) in [7, 11) is 0. The number of carbonyl (C=O) groups is 1. The van der Waals surface area contributed by atoms with Gasteiger partial charge >= 0.3 is 5.97 Å². The van der Waals surface area contributed by atoms with Crippen LogP contribution in [0.2, 0.25) is 5.02 Å². The Kier molecular flexibility index (Phi) is 5.15. The molecule has 3 aromatic rings. The Morgan fingerprint density at radius 1 is 1.00 bits per heavy atom. The highest BCUT2D eigenvalue weighted by molar-refractivity contribution is 6.30. The van der Waals surface area contributed by atoms with Gasteiger partial charge in [-0.15, -0.1) is 0 Å². The van der Waals surface area contributed by atoms with Crippen LogP contribution >= 0.6 is 11.6 Å². The monoisotopic (exact) mass is 379 g/mol. The molecule has 4 heteroatoms. The molecule has 0 aliphatic carbocycles. The lowest BCUT2D eigenvalue weighted by Crippen LogP contribution is -2.41. The Hall–Kier alpha value is -2.36. The SMILES string of the molecule is O=C(O)C1CCCN(C(c2cccc(Cl)c2)c2ccc3ccccc3c2)C1. The molecule has 1 saturated heterocycles. The van der Waals surface area contributed by atoms with E-state index in [1.165, 1.54) is 16.3 Å². The van der Waals surface area contributed by atoms with Crippen LogP contribution in [-0.4, -0.2) is 29.1 Å². The molecule has 0 bridgehead atoms. The van der Waals surface area contributed by atoms with Crippen molar-refractivity contribution in [1.82, 2.24) is 4.90 Å². The predicted octanol–water partition coefficient (Wildman–Crippen LogP) is 5.38. The van der Waals surface area contributed by atoms with E-state index >= 15 is 0 Å². The molecule has 1 aliphatic heterocycles. The van der Waals surface area contributed by atoms with Gasteiger partial charge in [0.2, 0.25) is 0 Å². The second-order valence-electron chi connectivity index (χ2n) is 7.24. The number of hydrogen-bond acceptors (Lipinski definition) is 2. The standard InChI is InChI=1S/C23H22ClNO2/c24-21-9-3-7-18(14-21)22(25-12-4-8-20(15-25)23(26)27)19-11-10-16-5-1-2-6-17(16)13-19/h1-3,5-7,9-11,13-14,20,22H,4,8,12,15H2,(H,26,27). The van der Waals surface area contributed by atoms with Crippen LogP contribution in [0.5, 0.6) is 0 Å². The van der Waals surface area contributed by atoms with E-state index in [9.17, 15) is 9.90 Å². The maximum absolute atomic E-state index is 11.6. The Morgan fingerprint density at radius 2 is 1.78 bits per heavy atom. The van der Waals surface area contributed by atoms with Crippen LogP contribution in [0.3, 0.4) is 0 Å². The highest BCUT2D eigenvalue weighted by Crippen LogP contribution is 2.35. The number of carboxylic acids is 1. The largest absolute Gasteiger partial charge is 0.481 e. The van der Waals surface area contributed by atoms with E-state index in [-0.39, 0.29) is 12.0 Å². The molecule has 0 amide bonds. The van der Waals surface area contributed by atoms with E-state index in [1.54, 1.807) is 0 Å². The van der Waals surface area contributed by atoms with Gasteiger partial charge in [-0.25, -0.2) is 0 Å². The fourth-order valence-corrected chi connectivity index (χ4v) is 4.31. The molecule has 0 aromatic heterocycles. The van der Waals surface area contributed by atoms with E-state index in [0.29, 0.717) is 11.6 Å². The van der Waals surface area contributed by atoms with Crippen LogP contribution < -0.4 is 0 Å². The van der Waals surface area contributed by atoms with E-state index < -0.39 is 5.97 Å². The maximum Gasteiger partial charge on any atom is 0.307 e. The summed E-state index contributed by atoms with van der Waals surface area (Å²) in [5.41, 5.74) is 2.27. The Labute approximate surface area is 164 Å². The number of aliphatic carboxylic acids is 1. The van der Waals surface area contributed by atoms with Gasteiger partial charge < -0.3 is 5.11 Å². The zero-order chi connectivity index (χ0) is 18.8. The Balaban J connectivity index is 1.78. The van der Waals surface area contributed by atoms with Crippen molar-refractivity contribution in [1.29, 1.82) is 0 Å². The first-order chi connectivity index (χ1) is 13.1. The molecular formula is C23H22ClNO2. The van der Waals surface area contributed by atoms with E-state index in [2.05, 4.69) is 41.3 Å². The quantitative estimate of drug-likeness (QED) is 0.661. The minimum Gasteiger partial charge on any atom is -0.481 e. The molecule has 0 radical (unpaired) electrons. The summed E-state index contributed by atoms with van der Waals surface area (Å²) in [5, 5.41) is 12.6. The number of rotatable bonds is 4. The first-order valence-corrected chi connectivity index (χ1v) is 9.70. The van der Waals surface area contributed by atoms with E-state index in [1.807, 2.05) is 30.3 Å². The van der Waals surface area contributed by atoms with Crippen LogP contribution in [0.25, 0.3) is 10.8 Å². The van der Waals surface area contributed by atoms with Crippen molar-refractivity contribution in [2.75, 3.05) is 13.1 Å².